The van der Waals surface area contributed by atoms with Gasteiger partial charge in [0.2, 0.25) is 0 Å². The standard InChI is InChI=1S/C6H13NO2.C2H6.H2/c1-3-4-5-7-6(8)9-2;1-2;/h3-5H2,1-2H3,(H,7,8);1-2H3;1H. The molecule has 0 saturated carbocycles. The number of hydrogen-bond acceptors (Lipinski definition) is 2. The van der Waals surface area contributed by atoms with E-state index in [2.05, 4.69) is 17.0 Å². The van der Waals surface area contributed by atoms with Gasteiger partial charge in [0.1, 0.15) is 0 Å². The van der Waals surface area contributed by atoms with Crippen molar-refractivity contribution in [2.45, 2.75) is 33.6 Å². The van der Waals surface area contributed by atoms with Gasteiger partial charge in [0.15, 0.2) is 0 Å². The molecule has 11 heavy (non-hydrogen) atoms. The summed E-state index contributed by atoms with van der Waals surface area (Å²) in [5.74, 6) is 0. The smallest absolute Gasteiger partial charge is 0.406 e. The van der Waals surface area contributed by atoms with Crippen LogP contribution in [-0.4, -0.2) is 19.7 Å². The molecule has 0 saturated heterocycles. The Morgan fingerprint density at radius 3 is 2.45 bits per heavy atom. The van der Waals surface area contributed by atoms with E-state index in [1.54, 1.807) is 0 Å². The summed E-state index contributed by atoms with van der Waals surface area (Å²) in [4.78, 5) is 10.4. The first-order valence-electron chi connectivity index (χ1n) is 4.13. The lowest BCUT2D eigenvalue weighted by atomic mass is 10.3. The molecule has 1 amide bonds. The van der Waals surface area contributed by atoms with Gasteiger partial charge >= 0.3 is 6.09 Å². The van der Waals surface area contributed by atoms with Gasteiger partial charge in [-0.15, -0.1) is 0 Å². The lowest BCUT2D eigenvalue weighted by molar-refractivity contribution is 0.171. The number of unbranched alkanes of at least 4 members (excludes halogenated alkanes) is 1. The molecule has 0 aliphatic carbocycles. The summed E-state index contributed by atoms with van der Waals surface area (Å²) in [6, 6.07) is 0. The molecular formula is C8H21NO2. The Morgan fingerprint density at radius 1 is 1.55 bits per heavy atom. The van der Waals surface area contributed by atoms with E-state index in [-0.39, 0.29) is 7.52 Å². The molecule has 0 bridgehead atoms. The summed E-state index contributed by atoms with van der Waals surface area (Å²) in [6.07, 6.45) is 1.75. The summed E-state index contributed by atoms with van der Waals surface area (Å²) in [7, 11) is 1.36. The highest BCUT2D eigenvalue weighted by atomic mass is 16.5. The van der Waals surface area contributed by atoms with Crippen LogP contribution in [0.2, 0.25) is 0 Å². The lowest BCUT2D eigenvalue weighted by Crippen LogP contribution is -2.23. The molecule has 0 radical (unpaired) electrons. The van der Waals surface area contributed by atoms with Gasteiger partial charge in [-0.3, -0.25) is 0 Å². The van der Waals surface area contributed by atoms with Crippen molar-refractivity contribution in [2.24, 2.45) is 0 Å². The van der Waals surface area contributed by atoms with Crippen molar-refractivity contribution in [2.75, 3.05) is 13.7 Å². The Bertz CT molecular complexity index is 89.1. The minimum atomic E-state index is -0.344. The number of carbonyl (C=O) groups is 1. The molecule has 0 aromatic carbocycles. The SMILES string of the molecule is CC.CCCCNC(=O)OC.[HH]. The van der Waals surface area contributed by atoms with Gasteiger partial charge in [0.25, 0.3) is 0 Å². The maximum atomic E-state index is 10.4. The van der Waals surface area contributed by atoms with Gasteiger partial charge in [0, 0.05) is 7.97 Å². The number of rotatable bonds is 3. The largest absolute Gasteiger partial charge is 0.453 e. The second-order valence-corrected chi connectivity index (χ2v) is 1.77. The van der Waals surface area contributed by atoms with Crippen molar-refractivity contribution in [3.05, 3.63) is 0 Å². The number of hydrogen-bond donors (Lipinski definition) is 1. The third-order valence-electron chi connectivity index (χ3n) is 0.985. The molecule has 0 rings (SSSR count). The van der Waals surface area contributed by atoms with Crippen molar-refractivity contribution in [1.29, 1.82) is 0 Å². The quantitative estimate of drug-likeness (QED) is 0.649. The number of ether oxygens (including phenoxy) is 1. The Balaban J connectivity index is -0.000000249. The topological polar surface area (TPSA) is 38.3 Å². The Hall–Kier alpha value is -0.730. The van der Waals surface area contributed by atoms with E-state index in [9.17, 15) is 4.79 Å². The second kappa shape index (κ2) is 12.0. The third-order valence-corrected chi connectivity index (χ3v) is 0.985. The van der Waals surface area contributed by atoms with Crippen LogP contribution in [0.25, 0.3) is 0 Å². The molecule has 3 nitrogen and oxygen atoms in total. The fourth-order valence-corrected chi connectivity index (χ4v) is 0.439. The monoisotopic (exact) mass is 163 g/mol. The van der Waals surface area contributed by atoms with Crippen LogP contribution in [0.3, 0.4) is 0 Å². The number of methoxy groups -OCH3 is 1. The van der Waals surface area contributed by atoms with Crippen LogP contribution < -0.4 is 5.32 Å². The molecule has 1 N–H and O–H groups in total. The van der Waals surface area contributed by atoms with Gasteiger partial charge in [-0.2, -0.15) is 0 Å². The molecule has 0 unspecified atom stereocenters. The summed E-state index contributed by atoms with van der Waals surface area (Å²) in [5, 5.41) is 2.57. The van der Waals surface area contributed by atoms with E-state index >= 15 is 0 Å². The van der Waals surface area contributed by atoms with E-state index < -0.39 is 0 Å². The van der Waals surface area contributed by atoms with Crippen LogP contribution in [-0.2, 0) is 4.74 Å². The molecular weight excluding hydrogens is 142 g/mol. The van der Waals surface area contributed by atoms with Crippen molar-refractivity contribution < 1.29 is 11.0 Å². The van der Waals surface area contributed by atoms with E-state index in [1.165, 1.54) is 7.11 Å². The summed E-state index contributed by atoms with van der Waals surface area (Å²) in [6.45, 7) is 6.78. The fraction of sp³-hybridized carbons (Fsp3) is 0.875. The van der Waals surface area contributed by atoms with E-state index in [1.807, 2.05) is 13.8 Å². The number of alkyl carbamates (subject to hydrolysis) is 1. The average Bonchev–Trinajstić information content (AvgIpc) is 2.08. The Morgan fingerprint density at radius 2 is 2.09 bits per heavy atom. The highest BCUT2D eigenvalue weighted by Gasteiger charge is 1.93. The molecule has 0 aromatic heterocycles. The van der Waals surface area contributed by atoms with Crippen molar-refractivity contribution in [3.63, 3.8) is 0 Å². The van der Waals surface area contributed by atoms with Crippen LogP contribution in [0.1, 0.15) is 35.0 Å². The third kappa shape index (κ3) is 12.5. The Labute approximate surface area is 70.6 Å². The first kappa shape index (κ1) is 12.9. The zero-order valence-corrected chi connectivity index (χ0v) is 7.94. The van der Waals surface area contributed by atoms with Crippen LogP contribution in [0, 0.1) is 0 Å². The van der Waals surface area contributed by atoms with E-state index in [0.29, 0.717) is 6.54 Å². The minimum absolute atomic E-state index is 0. The van der Waals surface area contributed by atoms with Crippen LogP contribution in [0.15, 0.2) is 0 Å². The highest BCUT2D eigenvalue weighted by molar-refractivity contribution is 5.66. The zero-order chi connectivity index (χ0) is 9.11. The zero-order valence-electron chi connectivity index (χ0n) is 7.94. The molecule has 0 spiro atoms. The predicted octanol–water partition coefficient (Wildman–Crippen LogP) is 2.41. The van der Waals surface area contributed by atoms with Crippen molar-refractivity contribution in [3.8, 4) is 0 Å². The Kier molecular flexibility index (Phi) is 14.1. The van der Waals surface area contributed by atoms with Gasteiger partial charge in [0.05, 0.1) is 7.11 Å². The summed E-state index contributed by atoms with van der Waals surface area (Å²) >= 11 is 0. The normalized spacial score (nSPS) is 7.64. The number of nitrogens with one attached hydrogen (secondary N) is 1. The molecule has 0 fully saturated rings. The number of carbonyl (C=O) groups excluding carboxylic acids is 1. The predicted molar refractivity (Wildman–Crippen MR) is 48.8 cm³/mol. The first-order chi connectivity index (χ1) is 5.31. The average molecular weight is 163 g/mol. The van der Waals surface area contributed by atoms with Gasteiger partial charge in [-0.25, -0.2) is 4.79 Å². The van der Waals surface area contributed by atoms with Gasteiger partial charge in [-0.05, 0) is 6.42 Å². The second-order valence-electron chi connectivity index (χ2n) is 1.77. The van der Waals surface area contributed by atoms with E-state index in [0.717, 1.165) is 12.8 Å². The van der Waals surface area contributed by atoms with Gasteiger partial charge < -0.3 is 10.1 Å². The van der Waals surface area contributed by atoms with Crippen LogP contribution in [0.4, 0.5) is 4.79 Å². The summed E-state index contributed by atoms with van der Waals surface area (Å²) < 4.78 is 4.35. The fourth-order valence-electron chi connectivity index (χ4n) is 0.439. The van der Waals surface area contributed by atoms with Crippen LogP contribution in [0.5, 0.6) is 0 Å². The van der Waals surface area contributed by atoms with Crippen molar-refractivity contribution >= 4 is 6.09 Å². The highest BCUT2D eigenvalue weighted by Crippen LogP contribution is 1.82. The molecule has 0 aliphatic heterocycles. The molecule has 0 aromatic rings. The maximum absolute atomic E-state index is 10.4. The van der Waals surface area contributed by atoms with Crippen LogP contribution >= 0.6 is 0 Å². The lowest BCUT2D eigenvalue weighted by Gasteiger charge is -1.99. The van der Waals surface area contributed by atoms with E-state index in [4.69, 9.17) is 0 Å². The first-order valence-corrected chi connectivity index (χ1v) is 4.13. The van der Waals surface area contributed by atoms with Crippen molar-refractivity contribution in [1.82, 2.24) is 5.32 Å². The molecule has 3 heteroatoms. The molecule has 0 heterocycles. The molecule has 0 atom stereocenters. The summed E-state index contributed by atoms with van der Waals surface area (Å²) in [5.41, 5.74) is 0. The maximum Gasteiger partial charge on any atom is 0.406 e. The number of amides is 1. The van der Waals surface area contributed by atoms with Gasteiger partial charge in [-0.1, -0.05) is 27.2 Å². The molecule has 0 aliphatic rings. The molecule has 70 valence electrons. The minimum Gasteiger partial charge on any atom is -0.453 e.